The highest BCUT2D eigenvalue weighted by molar-refractivity contribution is 7.92. The molecule has 236 valence electrons. The van der Waals surface area contributed by atoms with Crippen molar-refractivity contribution in [3.05, 3.63) is 76.8 Å². The first-order chi connectivity index (χ1) is 21.4. The average Bonchev–Trinajstić information content (AvgIpc) is 3.53. The van der Waals surface area contributed by atoms with Gasteiger partial charge in [0.1, 0.15) is 5.82 Å². The number of carbonyl (C=O) groups is 1. The van der Waals surface area contributed by atoms with E-state index in [1.807, 2.05) is 45.0 Å². The minimum Gasteiger partial charge on any atom is -0.492 e. The van der Waals surface area contributed by atoms with Gasteiger partial charge >= 0.3 is 0 Å². The number of fused-ring (bicyclic) bond motifs is 1. The number of benzene rings is 3. The maximum Gasteiger partial charge on any atom is 0.257 e. The number of nitrogens with one attached hydrogen (secondary N) is 3. The van der Waals surface area contributed by atoms with E-state index in [1.165, 1.54) is 7.11 Å². The molecule has 0 aliphatic carbocycles. The van der Waals surface area contributed by atoms with Gasteiger partial charge in [-0.1, -0.05) is 56.3 Å². The van der Waals surface area contributed by atoms with E-state index in [9.17, 15) is 18.1 Å². The third-order valence-electron chi connectivity index (χ3n) is 7.61. The zero-order chi connectivity index (χ0) is 32.4. The fourth-order valence-electron chi connectivity index (χ4n) is 5.39. The summed E-state index contributed by atoms with van der Waals surface area (Å²) in [6, 6.07) is 14.6. The molecule has 0 saturated carbocycles. The van der Waals surface area contributed by atoms with E-state index < -0.39 is 27.4 Å². The zero-order valence-corrected chi connectivity index (χ0v) is 26.7. The van der Waals surface area contributed by atoms with E-state index in [0.29, 0.717) is 22.7 Å². The molecule has 12 nitrogen and oxygen atoms in total. The second kappa shape index (κ2) is 12.7. The van der Waals surface area contributed by atoms with Crippen molar-refractivity contribution in [3.63, 3.8) is 0 Å². The van der Waals surface area contributed by atoms with Crippen LogP contribution in [-0.2, 0) is 20.2 Å². The number of aromatic nitrogens is 2. The van der Waals surface area contributed by atoms with Gasteiger partial charge in [-0.2, -0.15) is 4.98 Å². The lowest BCUT2D eigenvalue weighted by atomic mass is 9.86. The second-order valence-corrected chi connectivity index (χ2v) is 13.8. The molecule has 1 saturated heterocycles. The van der Waals surface area contributed by atoms with Crippen LogP contribution in [0.15, 0.2) is 66.0 Å². The maximum atomic E-state index is 13.7. The molecular weight excluding hydrogens is 594 g/mol. The lowest BCUT2D eigenvalue weighted by molar-refractivity contribution is -0.117. The summed E-state index contributed by atoms with van der Waals surface area (Å²) in [5.41, 5.74) is 1.84. The van der Waals surface area contributed by atoms with Crippen LogP contribution in [0.25, 0.3) is 10.8 Å². The molecule has 5 rings (SSSR count). The number of carbonyl (C=O) groups excluding carboxylic acids is 1. The number of nitrogens with zero attached hydrogens (tertiary/aromatic N) is 4. The Morgan fingerprint density at radius 3 is 2.33 bits per heavy atom. The van der Waals surface area contributed by atoms with Crippen molar-refractivity contribution in [2.45, 2.75) is 45.1 Å². The van der Waals surface area contributed by atoms with E-state index in [4.69, 9.17) is 9.72 Å². The molecule has 1 amide bonds. The summed E-state index contributed by atoms with van der Waals surface area (Å²) in [6.45, 7) is 7.71. The molecule has 1 aromatic heterocycles. The van der Waals surface area contributed by atoms with Gasteiger partial charge in [0.15, 0.2) is 11.8 Å². The summed E-state index contributed by atoms with van der Waals surface area (Å²) in [7, 11) is -2.30. The topological polar surface area (TPSA) is 155 Å². The van der Waals surface area contributed by atoms with E-state index in [1.54, 1.807) is 36.5 Å². The number of rotatable bonds is 10. The smallest absolute Gasteiger partial charge is 0.257 e. The van der Waals surface area contributed by atoms with Crippen molar-refractivity contribution in [2.75, 3.05) is 46.7 Å². The Morgan fingerprint density at radius 2 is 1.69 bits per heavy atom. The first kappa shape index (κ1) is 31.6. The molecule has 0 radical (unpaired) electrons. The van der Waals surface area contributed by atoms with Crippen LogP contribution in [0, 0.1) is 4.91 Å². The molecule has 1 unspecified atom stereocenters. The third kappa shape index (κ3) is 7.14. The fraction of sp³-hybridized carbons (Fsp3) is 0.344. The van der Waals surface area contributed by atoms with Gasteiger partial charge in [-0.25, -0.2) is 13.4 Å². The molecule has 1 aliphatic heterocycles. The predicted molar refractivity (Wildman–Crippen MR) is 178 cm³/mol. The average molecular weight is 632 g/mol. The Hall–Kier alpha value is -4.78. The molecule has 3 aromatic carbocycles. The van der Waals surface area contributed by atoms with Crippen LogP contribution < -0.4 is 25.0 Å². The van der Waals surface area contributed by atoms with Crippen LogP contribution >= 0.6 is 0 Å². The quantitative estimate of drug-likeness (QED) is 0.176. The summed E-state index contributed by atoms with van der Waals surface area (Å²) in [5.74, 6) is 0.698. The van der Waals surface area contributed by atoms with Crippen molar-refractivity contribution in [1.29, 1.82) is 0 Å². The molecule has 13 heteroatoms. The highest BCUT2D eigenvalue weighted by Gasteiger charge is 2.28. The molecular formula is C32H37N7O5S. The highest BCUT2D eigenvalue weighted by Crippen LogP contribution is 2.40. The Labute approximate surface area is 262 Å². The Morgan fingerprint density at radius 1 is 1.00 bits per heavy atom. The molecule has 1 aliphatic rings. The molecule has 45 heavy (non-hydrogen) atoms. The minimum absolute atomic E-state index is 0.106. The molecule has 1 atom stereocenters. The van der Waals surface area contributed by atoms with Crippen LogP contribution in [0.4, 0.5) is 28.8 Å². The molecule has 2 heterocycles. The SMILES string of the molecule is COc1c(NC(=O)C(N=O)c2ccc(Nc3ccnc(N4CCCC4)n3)c3ccccc23)cc(C(C)(C)C)cc1NS(C)(=O)=O. The molecule has 3 N–H and O–H groups in total. The van der Waals surface area contributed by atoms with Gasteiger partial charge in [0, 0.05) is 30.4 Å². The van der Waals surface area contributed by atoms with Crippen LogP contribution in [0.1, 0.15) is 50.8 Å². The maximum absolute atomic E-state index is 13.7. The van der Waals surface area contributed by atoms with E-state index in [-0.39, 0.29) is 17.1 Å². The van der Waals surface area contributed by atoms with Gasteiger partial charge in [0.05, 0.1) is 24.7 Å². The number of hydrogen-bond acceptors (Lipinski definition) is 10. The van der Waals surface area contributed by atoms with Crippen molar-refractivity contribution in [1.82, 2.24) is 9.97 Å². The van der Waals surface area contributed by atoms with Crippen LogP contribution in [0.5, 0.6) is 5.75 Å². The summed E-state index contributed by atoms with van der Waals surface area (Å²) in [6.07, 6.45) is 4.97. The summed E-state index contributed by atoms with van der Waals surface area (Å²) < 4.78 is 32.2. The Balaban J connectivity index is 1.49. The van der Waals surface area contributed by atoms with Crippen LogP contribution in [0.3, 0.4) is 0 Å². The fourth-order valence-corrected chi connectivity index (χ4v) is 5.94. The summed E-state index contributed by atoms with van der Waals surface area (Å²) in [4.78, 5) is 37.3. The van der Waals surface area contributed by atoms with Gasteiger partial charge in [0.2, 0.25) is 16.0 Å². The van der Waals surface area contributed by atoms with Crippen LogP contribution in [-0.4, -0.2) is 50.7 Å². The Bertz CT molecular complexity index is 1850. The first-order valence-electron chi connectivity index (χ1n) is 14.6. The first-order valence-corrected chi connectivity index (χ1v) is 16.5. The van der Waals surface area contributed by atoms with E-state index in [2.05, 4.69) is 30.4 Å². The molecule has 0 bridgehead atoms. The van der Waals surface area contributed by atoms with Gasteiger partial charge in [-0.15, -0.1) is 4.91 Å². The van der Waals surface area contributed by atoms with Gasteiger partial charge in [-0.05, 0) is 59.0 Å². The van der Waals surface area contributed by atoms with Crippen molar-refractivity contribution < 1.29 is 17.9 Å². The van der Waals surface area contributed by atoms with Gasteiger partial charge in [-0.3, -0.25) is 9.52 Å². The molecule has 0 spiro atoms. The van der Waals surface area contributed by atoms with Crippen LogP contribution in [0.2, 0.25) is 0 Å². The van der Waals surface area contributed by atoms with Crippen molar-refractivity contribution >= 4 is 55.5 Å². The minimum atomic E-state index is -3.67. The zero-order valence-electron chi connectivity index (χ0n) is 25.9. The normalized spacial score (nSPS) is 14.2. The highest BCUT2D eigenvalue weighted by atomic mass is 32.2. The van der Waals surface area contributed by atoms with Crippen molar-refractivity contribution in [2.24, 2.45) is 5.18 Å². The number of anilines is 5. The van der Waals surface area contributed by atoms with E-state index in [0.717, 1.165) is 48.8 Å². The van der Waals surface area contributed by atoms with E-state index >= 15 is 0 Å². The lowest BCUT2D eigenvalue weighted by Crippen LogP contribution is -2.22. The van der Waals surface area contributed by atoms with Gasteiger partial charge < -0.3 is 20.3 Å². The lowest BCUT2D eigenvalue weighted by Gasteiger charge is -2.24. The second-order valence-electron chi connectivity index (χ2n) is 12.0. The number of amides is 1. The number of ether oxygens (including phenoxy) is 1. The van der Waals surface area contributed by atoms with Gasteiger partial charge in [0.25, 0.3) is 5.91 Å². The standard InChI is InChI=1S/C32H37N7O5S/c1-32(2,3)20-18-25(29(44-4)26(19-20)38-45(5,42)43)35-30(40)28(37-41)23-12-13-24(22-11-7-6-10-21(22)23)34-27-14-15-33-31(36-27)39-16-8-9-17-39/h6-7,10-15,18-19,28,38H,8-9,16-17H2,1-5H3,(H,35,40)(H,33,34,36). The molecule has 1 fully saturated rings. The molecule has 4 aromatic rings. The largest absolute Gasteiger partial charge is 0.492 e. The number of nitroso groups, excluding NO2 is 1. The van der Waals surface area contributed by atoms with Crippen molar-refractivity contribution in [3.8, 4) is 5.75 Å². The number of methoxy groups -OCH3 is 1. The predicted octanol–water partition coefficient (Wildman–Crippen LogP) is 6.10. The number of hydrogen-bond donors (Lipinski definition) is 3. The summed E-state index contributed by atoms with van der Waals surface area (Å²) >= 11 is 0. The Kier molecular flexibility index (Phi) is 8.91. The summed E-state index contributed by atoms with van der Waals surface area (Å²) in [5, 5.41) is 10.8. The monoisotopic (exact) mass is 631 g/mol. The number of sulfonamides is 1. The third-order valence-corrected chi connectivity index (χ3v) is 8.20.